The van der Waals surface area contributed by atoms with Crippen molar-refractivity contribution in [2.75, 3.05) is 0 Å². The number of unbranched alkanes of at least 4 members (excludes halogenated alkanes) is 1. The smallest absolute Gasteiger partial charge is 0.303 e. The standard InChI is InChI=1S/C21H30O4/c1-3-4-9-15-21(2,25)16-14-17-12-13-19(22)18(17)10-7-5-6-8-11-20(23)24/h5,7,14,16-18,25H,6,8-13,15H2,1-2H3,(H,23,24)/t17-,18-,21?/m1/s1. The number of aliphatic hydroxyl groups is 1. The van der Waals surface area contributed by atoms with Crippen LogP contribution in [0.4, 0.5) is 0 Å². The zero-order chi connectivity index (χ0) is 18.7. The summed E-state index contributed by atoms with van der Waals surface area (Å²) in [5.74, 6) is 5.42. The minimum absolute atomic E-state index is 0.0294. The first kappa shape index (κ1) is 21.2. The Bertz CT molecular complexity index is 560. The van der Waals surface area contributed by atoms with Gasteiger partial charge >= 0.3 is 5.97 Å². The Hall–Kier alpha value is -1.86. The quantitative estimate of drug-likeness (QED) is 0.357. The molecule has 0 aliphatic heterocycles. The highest BCUT2D eigenvalue weighted by atomic mass is 16.4. The van der Waals surface area contributed by atoms with Gasteiger partial charge in [0.05, 0.1) is 5.60 Å². The molecule has 2 N–H and O–H groups in total. The molecule has 1 saturated carbocycles. The van der Waals surface area contributed by atoms with Gasteiger partial charge in [-0.15, -0.1) is 11.8 Å². The molecular weight excluding hydrogens is 316 g/mol. The van der Waals surface area contributed by atoms with Gasteiger partial charge in [0, 0.05) is 25.2 Å². The average molecular weight is 346 g/mol. The number of Topliss-reactive ketones (excluding diaryl/α,β-unsaturated/α-hetero) is 1. The van der Waals surface area contributed by atoms with Gasteiger partial charge in [-0.2, -0.15) is 0 Å². The van der Waals surface area contributed by atoms with Crippen molar-refractivity contribution in [1.29, 1.82) is 0 Å². The van der Waals surface area contributed by atoms with Gasteiger partial charge in [0.1, 0.15) is 5.78 Å². The van der Waals surface area contributed by atoms with Crippen LogP contribution in [0.3, 0.4) is 0 Å². The van der Waals surface area contributed by atoms with Gasteiger partial charge in [0.25, 0.3) is 0 Å². The van der Waals surface area contributed by atoms with Crippen molar-refractivity contribution in [3.8, 4) is 11.8 Å². The van der Waals surface area contributed by atoms with E-state index in [-0.39, 0.29) is 24.0 Å². The van der Waals surface area contributed by atoms with Crippen LogP contribution < -0.4 is 0 Å². The highest BCUT2D eigenvalue weighted by Gasteiger charge is 2.32. The number of hydrogen-bond acceptors (Lipinski definition) is 3. The molecule has 3 atom stereocenters. The largest absolute Gasteiger partial charge is 0.481 e. The van der Waals surface area contributed by atoms with Crippen LogP contribution in [0.25, 0.3) is 0 Å². The lowest BCUT2D eigenvalue weighted by molar-refractivity contribution is -0.137. The van der Waals surface area contributed by atoms with E-state index in [9.17, 15) is 14.7 Å². The molecule has 0 spiro atoms. The number of carbonyl (C=O) groups excluding carboxylic acids is 1. The summed E-state index contributed by atoms with van der Waals surface area (Å²) in [5.41, 5.74) is -0.896. The third-order valence-electron chi connectivity index (χ3n) is 4.61. The minimum atomic E-state index is -0.896. The highest BCUT2D eigenvalue weighted by Crippen LogP contribution is 2.33. The highest BCUT2D eigenvalue weighted by molar-refractivity contribution is 5.83. The van der Waals surface area contributed by atoms with Crippen LogP contribution in [-0.4, -0.2) is 27.6 Å². The monoisotopic (exact) mass is 346 g/mol. The van der Waals surface area contributed by atoms with E-state index in [4.69, 9.17) is 5.11 Å². The molecule has 0 heterocycles. The predicted molar refractivity (Wildman–Crippen MR) is 98.9 cm³/mol. The first-order valence-electron chi connectivity index (χ1n) is 9.06. The van der Waals surface area contributed by atoms with Crippen molar-refractivity contribution in [2.24, 2.45) is 11.8 Å². The first-order valence-corrected chi connectivity index (χ1v) is 9.06. The Morgan fingerprint density at radius 3 is 2.84 bits per heavy atom. The fourth-order valence-electron chi connectivity index (χ4n) is 3.06. The molecule has 0 aromatic carbocycles. The summed E-state index contributed by atoms with van der Waals surface area (Å²) in [4.78, 5) is 22.6. The zero-order valence-electron chi connectivity index (χ0n) is 15.3. The van der Waals surface area contributed by atoms with E-state index in [0.717, 1.165) is 12.8 Å². The summed E-state index contributed by atoms with van der Waals surface area (Å²) in [5, 5.41) is 19.0. The van der Waals surface area contributed by atoms with Gasteiger partial charge in [-0.05, 0) is 51.9 Å². The average Bonchev–Trinajstić information content (AvgIpc) is 2.89. The summed E-state index contributed by atoms with van der Waals surface area (Å²) in [6.45, 7) is 3.56. The van der Waals surface area contributed by atoms with Crippen molar-refractivity contribution < 1.29 is 19.8 Å². The Morgan fingerprint density at radius 2 is 2.16 bits per heavy atom. The molecule has 4 nitrogen and oxygen atoms in total. The van der Waals surface area contributed by atoms with Crippen molar-refractivity contribution >= 4 is 11.8 Å². The maximum atomic E-state index is 12.1. The molecule has 0 saturated heterocycles. The number of ketones is 1. The number of hydrogen-bond donors (Lipinski definition) is 2. The van der Waals surface area contributed by atoms with E-state index in [1.54, 1.807) is 13.8 Å². The Balaban J connectivity index is 2.50. The van der Waals surface area contributed by atoms with Gasteiger partial charge in [0.15, 0.2) is 0 Å². The van der Waals surface area contributed by atoms with Gasteiger partial charge < -0.3 is 10.2 Å². The topological polar surface area (TPSA) is 74.6 Å². The van der Waals surface area contributed by atoms with Crippen molar-refractivity contribution in [3.05, 3.63) is 24.3 Å². The molecule has 0 amide bonds. The van der Waals surface area contributed by atoms with E-state index in [1.165, 1.54) is 0 Å². The van der Waals surface area contributed by atoms with E-state index in [2.05, 4.69) is 11.8 Å². The third-order valence-corrected chi connectivity index (χ3v) is 4.61. The van der Waals surface area contributed by atoms with Crippen molar-refractivity contribution in [1.82, 2.24) is 0 Å². The number of carboxylic acids is 1. The van der Waals surface area contributed by atoms with Crippen LogP contribution in [0.1, 0.15) is 65.2 Å². The molecule has 0 radical (unpaired) electrons. The summed E-state index contributed by atoms with van der Waals surface area (Å²) in [7, 11) is 0. The maximum Gasteiger partial charge on any atom is 0.303 e. The van der Waals surface area contributed by atoms with Crippen LogP contribution in [-0.2, 0) is 9.59 Å². The fourth-order valence-corrected chi connectivity index (χ4v) is 3.06. The third kappa shape index (κ3) is 8.69. The molecular formula is C21H30O4. The molecule has 1 aliphatic rings. The maximum absolute atomic E-state index is 12.1. The number of allylic oxidation sites excluding steroid dienone is 3. The molecule has 25 heavy (non-hydrogen) atoms. The fraction of sp³-hybridized carbons (Fsp3) is 0.619. The summed E-state index contributed by atoms with van der Waals surface area (Å²) in [6, 6.07) is 0. The summed E-state index contributed by atoms with van der Waals surface area (Å²) >= 11 is 0. The van der Waals surface area contributed by atoms with E-state index >= 15 is 0 Å². The van der Waals surface area contributed by atoms with Crippen LogP contribution in [0, 0.1) is 23.7 Å². The molecule has 1 unspecified atom stereocenters. The van der Waals surface area contributed by atoms with Crippen molar-refractivity contribution in [2.45, 2.75) is 70.8 Å². The molecule has 1 aliphatic carbocycles. The zero-order valence-corrected chi connectivity index (χ0v) is 15.3. The number of carboxylic acid groups (broad SMARTS) is 1. The lowest BCUT2D eigenvalue weighted by atomic mass is 9.89. The van der Waals surface area contributed by atoms with Gasteiger partial charge in [-0.3, -0.25) is 9.59 Å². The second-order valence-corrected chi connectivity index (χ2v) is 6.91. The lowest BCUT2D eigenvalue weighted by Gasteiger charge is -2.19. The SMILES string of the molecule is CC#CCCC(C)(O)C=C[C@H]1CCC(=O)[C@@H]1CC=CCCCC(=O)O. The molecule has 0 aromatic rings. The van der Waals surface area contributed by atoms with Crippen LogP contribution in [0.5, 0.6) is 0 Å². The van der Waals surface area contributed by atoms with Crippen LogP contribution >= 0.6 is 0 Å². The minimum Gasteiger partial charge on any atom is -0.481 e. The number of aliphatic carboxylic acids is 1. The molecule has 1 fully saturated rings. The lowest BCUT2D eigenvalue weighted by Crippen LogP contribution is -2.21. The Labute approximate surface area is 151 Å². The number of rotatable bonds is 10. The van der Waals surface area contributed by atoms with E-state index in [1.807, 2.05) is 24.3 Å². The summed E-state index contributed by atoms with van der Waals surface area (Å²) in [6.07, 6.45) is 12.6. The second-order valence-electron chi connectivity index (χ2n) is 6.91. The predicted octanol–water partition coefficient (Wildman–Crippen LogP) is 3.89. The molecule has 0 aromatic heterocycles. The second kappa shape index (κ2) is 10.9. The molecule has 138 valence electrons. The summed E-state index contributed by atoms with van der Waals surface area (Å²) < 4.78 is 0. The Kier molecular flexibility index (Phi) is 9.23. The normalized spacial score (nSPS) is 22.9. The molecule has 1 rings (SSSR count). The van der Waals surface area contributed by atoms with Crippen LogP contribution in [0.2, 0.25) is 0 Å². The Morgan fingerprint density at radius 1 is 1.40 bits per heavy atom. The van der Waals surface area contributed by atoms with E-state index < -0.39 is 11.6 Å². The molecule has 4 heteroatoms. The van der Waals surface area contributed by atoms with Crippen LogP contribution in [0.15, 0.2) is 24.3 Å². The number of carbonyl (C=O) groups is 2. The van der Waals surface area contributed by atoms with Gasteiger partial charge in [-0.25, -0.2) is 0 Å². The van der Waals surface area contributed by atoms with Gasteiger partial charge in [0.2, 0.25) is 0 Å². The van der Waals surface area contributed by atoms with Gasteiger partial charge in [-0.1, -0.05) is 24.3 Å². The first-order chi connectivity index (χ1) is 11.9. The van der Waals surface area contributed by atoms with Crippen molar-refractivity contribution in [3.63, 3.8) is 0 Å². The molecule has 0 bridgehead atoms. The van der Waals surface area contributed by atoms with E-state index in [0.29, 0.717) is 32.1 Å².